The van der Waals surface area contributed by atoms with Gasteiger partial charge in [0, 0.05) is 14.1 Å². The van der Waals surface area contributed by atoms with Gasteiger partial charge in [0.15, 0.2) is 0 Å². The first-order chi connectivity index (χ1) is 6.02. The van der Waals surface area contributed by atoms with Crippen molar-refractivity contribution < 1.29 is 9.21 Å². The molecule has 0 aliphatic rings. The molecule has 4 nitrogen and oxygen atoms in total. The third-order valence-electron chi connectivity index (χ3n) is 1.77. The highest BCUT2D eigenvalue weighted by atomic mass is 16.3. The van der Waals surface area contributed by atoms with E-state index in [1.165, 1.54) is 4.90 Å². The van der Waals surface area contributed by atoms with Crippen molar-refractivity contribution in [3.63, 3.8) is 0 Å². The summed E-state index contributed by atoms with van der Waals surface area (Å²) in [5, 5.41) is 0. The van der Waals surface area contributed by atoms with Crippen LogP contribution in [0.3, 0.4) is 0 Å². The third-order valence-corrected chi connectivity index (χ3v) is 1.77. The average Bonchev–Trinajstić information content (AvgIpc) is 2.49. The smallest absolute Gasteiger partial charge is 0.246 e. The molecule has 0 spiro atoms. The Bertz CT molecular complexity index is 304. The molecule has 1 atom stereocenters. The van der Waals surface area contributed by atoms with Crippen LogP contribution in [0.2, 0.25) is 0 Å². The van der Waals surface area contributed by atoms with Gasteiger partial charge in [-0.3, -0.25) is 4.79 Å². The van der Waals surface area contributed by atoms with E-state index in [2.05, 4.69) is 0 Å². The van der Waals surface area contributed by atoms with E-state index in [4.69, 9.17) is 10.2 Å². The monoisotopic (exact) mass is 182 g/mol. The number of furan rings is 1. The Kier molecular flexibility index (Phi) is 2.72. The summed E-state index contributed by atoms with van der Waals surface area (Å²) >= 11 is 0. The van der Waals surface area contributed by atoms with Gasteiger partial charge in [-0.05, 0) is 19.1 Å². The van der Waals surface area contributed by atoms with Gasteiger partial charge in [-0.15, -0.1) is 0 Å². The predicted molar refractivity (Wildman–Crippen MR) is 49.1 cm³/mol. The van der Waals surface area contributed by atoms with Crippen molar-refractivity contribution in [2.75, 3.05) is 14.1 Å². The SMILES string of the molecule is Cc1ccc(C(N)C(=O)N(C)C)o1. The summed E-state index contributed by atoms with van der Waals surface area (Å²) in [6.45, 7) is 1.82. The van der Waals surface area contributed by atoms with Crippen LogP contribution >= 0.6 is 0 Å². The molecule has 0 bridgehead atoms. The minimum Gasteiger partial charge on any atom is -0.464 e. The molecular formula is C9H14N2O2. The Morgan fingerprint density at radius 1 is 1.54 bits per heavy atom. The fraction of sp³-hybridized carbons (Fsp3) is 0.444. The van der Waals surface area contributed by atoms with E-state index in [0.29, 0.717) is 5.76 Å². The number of nitrogens with zero attached hydrogens (tertiary/aromatic N) is 1. The summed E-state index contributed by atoms with van der Waals surface area (Å²) in [5.74, 6) is 1.11. The lowest BCUT2D eigenvalue weighted by Gasteiger charge is -2.14. The lowest BCUT2D eigenvalue weighted by Crippen LogP contribution is -2.32. The molecule has 1 heterocycles. The molecule has 72 valence electrons. The van der Waals surface area contributed by atoms with Gasteiger partial charge in [0.25, 0.3) is 0 Å². The van der Waals surface area contributed by atoms with Crippen molar-refractivity contribution in [2.45, 2.75) is 13.0 Å². The topological polar surface area (TPSA) is 59.5 Å². The van der Waals surface area contributed by atoms with E-state index in [9.17, 15) is 4.79 Å². The zero-order chi connectivity index (χ0) is 10.0. The molecule has 0 saturated carbocycles. The van der Waals surface area contributed by atoms with E-state index in [0.717, 1.165) is 5.76 Å². The second-order valence-corrected chi connectivity index (χ2v) is 3.16. The third kappa shape index (κ3) is 2.09. The zero-order valence-corrected chi connectivity index (χ0v) is 8.07. The molecule has 1 unspecified atom stereocenters. The predicted octanol–water partition coefficient (Wildman–Crippen LogP) is 0.676. The normalized spacial score (nSPS) is 12.6. The number of carbonyl (C=O) groups excluding carboxylic acids is 1. The van der Waals surface area contributed by atoms with Crippen LogP contribution in [0.1, 0.15) is 17.6 Å². The molecule has 1 amide bonds. The van der Waals surface area contributed by atoms with Crippen molar-refractivity contribution in [2.24, 2.45) is 5.73 Å². The van der Waals surface area contributed by atoms with Crippen LogP contribution in [0, 0.1) is 6.92 Å². The van der Waals surface area contributed by atoms with Crippen LogP contribution in [0.25, 0.3) is 0 Å². The standard InChI is InChI=1S/C9H14N2O2/c1-6-4-5-7(13-6)8(10)9(12)11(2)3/h4-5,8H,10H2,1-3H3. The molecule has 0 aromatic carbocycles. The number of hydrogen-bond donors (Lipinski definition) is 1. The van der Waals surface area contributed by atoms with Crippen LogP contribution in [-0.2, 0) is 4.79 Å². The van der Waals surface area contributed by atoms with Gasteiger partial charge in [-0.2, -0.15) is 0 Å². The van der Waals surface area contributed by atoms with Crippen LogP contribution < -0.4 is 5.73 Å². The Labute approximate surface area is 77.3 Å². The van der Waals surface area contributed by atoms with Crippen molar-refractivity contribution in [1.82, 2.24) is 4.90 Å². The highest BCUT2D eigenvalue weighted by Gasteiger charge is 2.20. The van der Waals surface area contributed by atoms with Crippen molar-refractivity contribution in [3.8, 4) is 0 Å². The van der Waals surface area contributed by atoms with Gasteiger partial charge in [0.2, 0.25) is 5.91 Å². The molecule has 1 aromatic rings. The Balaban J connectivity index is 2.79. The largest absolute Gasteiger partial charge is 0.464 e. The highest BCUT2D eigenvalue weighted by molar-refractivity contribution is 5.81. The number of likely N-dealkylation sites (N-methyl/N-ethyl adjacent to an activating group) is 1. The van der Waals surface area contributed by atoms with Crippen LogP contribution in [0.5, 0.6) is 0 Å². The van der Waals surface area contributed by atoms with Gasteiger partial charge in [0.1, 0.15) is 17.6 Å². The van der Waals surface area contributed by atoms with Gasteiger partial charge in [0.05, 0.1) is 0 Å². The van der Waals surface area contributed by atoms with Crippen molar-refractivity contribution >= 4 is 5.91 Å². The first kappa shape index (κ1) is 9.80. The Morgan fingerprint density at radius 3 is 2.54 bits per heavy atom. The molecule has 0 aliphatic heterocycles. The number of rotatable bonds is 2. The zero-order valence-electron chi connectivity index (χ0n) is 8.07. The van der Waals surface area contributed by atoms with Crippen LogP contribution in [0.4, 0.5) is 0 Å². The summed E-state index contributed by atoms with van der Waals surface area (Å²) < 4.78 is 5.24. The molecular weight excluding hydrogens is 168 g/mol. The molecule has 4 heteroatoms. The van der Waals surface area contributed by atoms with Gasteiger partial charge < -0.3 is 15.1 Å². The minimum atomic E-state index is -0.691. The maximum absolute atomic E-state index is 11.4. The quantitative estimate of drug-likeness (QED) is 0.731. The molecule has 0 saturated heterocycles. The molecule has 0 radical (unpaired) electrons. The first-order valence-corrected chi connectivity index (χ1v) is 4.05. The fourth-order valence-electron chi connectivity index (χ4n) is 1.02. The van der Waals surface area contributed by atoms with E-state index < -0.39 is 6.04 Å². The Morgan fingerprint density at radius 2 is 2.15 bits per heavy atom. The van der Waals surface area contributed by atoms with E-state index >= 15 is 0 Å². The lowest BCUT2D eigenvalue weighted by molar-refractivity contribution is -0.130. The van der Waals surface area contributed by atoms with Gasteiger partial charge >= 0.3 is 0 Å². The van der Waals surface area contributed by atoms with Gasteiger partial charge in [-0.25, -0.2) is 0 Å². The Hall–Kier alpha value is -1.29. The van der Waals surface area contributed by atoms with Crippen LogP contribution in [0.15, 0.2) is 16.5 Å². The van der Waals surface area contributed by atoms with Crippen molar-refractivity contribution in [1.29, 1.82) is 0 Å². The minimum absolute atomic E-state index is 0.158. The van der Waals surface area contributed by atoms with Crippen molar-refractivity contribution in [3.05, 3.63) is 23.7 Å². The summed E-state index contributed by atoms with van der Waals surface area (Å²) in [5.41, 5.74) is 5.67. The second-order valence-electron chi connectivity index (χ2n) is 3.16. The maximum Gasteiger partial charge on any atom is 0.246 e. The lowest BCUT2D eigenvalue weighted by atomic mass is 10.2. The summed E-state index contributed by atoms with van der Waals surface area (Å²) in [6, 6.07) is 2.82. The van der Waals surface area contributed by atoms with E-state index in [1.807, 2.05) is 6.92 Å². The molecule has 0 aliphatic carbocycles. The number of nitrogens with two attached hydrogens (primary N) is 1. The first-order valence-electron chi connectivity index (χ1n) is 4.05. The number of hydrogen-bond acceptors (Lipinski definition) is 3. The second kappa shape index (κ2) is 3.62. The summed E-state index contributed by atoms with van der Waals surface area (Å²) in [6.07, 6.45) is 0. The number of aryl methyl sites for hydroxylation is 1. The highest BCUT2D eigenvalue weighted by Crippen LogP contribution is 2.15. The fourth-order valence-corrected chi connectivity index (χ4v) is 1.02. The molecule has 1 rings (SSSR count). The molecule has 0 fully saturated rings. The van der Waals surface area contributed by atoms with Crippen LogP contribution in [-0.4, -0.2) is 24.9 Å². The molecule has 2 N–H and O–H groups in total. The van der Waals surface area contributed by atoms with E-state index in [1.54, 1.807) is 26.2 Å². The number of carbonyl (C=O) groups is 1. The average molecular weight is 182 g/mol. The summed E-state index contributed by atoms with van der Waals surface area (Å²) in [7, 11) is 3.33. The van der Waals surface area contributed by atoms with Gasteiger partial charge in [-0.1, -0.05) is 0 Å². The van der Waals surface area contributed by atoms with E-state index in [-0.39, 0.29) is 5.91 Å². The molecule has 1 aromatic heterocycles. The maximum atomic E-state index is 11.4. The molecule has 13 heavy (non-hydrogen) atoms. The number of amides is 1. The summed E-state index contributed by atoms with van der Waals surface area (Å²) in [4.78, 5) is 12.8.